The highest BCUT2D eigenvalue weighted by molar-refractivity contribution is 14.0. The normalized spacial score (nSPS) is 19.3. The molecule has 1 unspecified atom stereocenters. The second kappa shape index (κ2) is 10.8. The Morgan fingerprint density at radius 1 is 1.32 bits per heavy atom. The van der Waals surface area contributed by atoms with Gasteiger partial charge >= 0.3 is 0 Å². The average Bonchev–Trinajstić information content (AvgIpc) is 3.27. The lowest BCUT2D eigenvalue weighted by atomic mass is 10.0. The van der Waals surface area contributed by atoms with Gasteiger partial charge in [0.15, 0.2) is 5.96 Å². The number of guanidine groups is 1. The maximum atomic E-state index is 5.85. The van der Waals surface area contributed by atoms with Crippen LogP contribution in [0.2, 0.25) is 0 Å². The van der Waals surface area contributed by atoms with E-state index in [0.717, 1.165) is 50.9 Å². The largest absolute Gasteiger partial charge is 0.373 e. The zero-order chi connectivity index (χ0) is 19.1. The van der Waals surface area contributed by atoms with Crippen molar-refractivity contribution in [3.05, 3.63) is 53.6 Å². The molecule has 6 nitrogen and oxygen atoms in total. The first-order valence-electron chi connectivity index (χ1n) is 9.80. The van der Waals surface area contributed by atoms with Gasteiger partial charge in [-0.15, -0.1) is 24.0 Å². The minimum Gasteiger partial charge on any atom is -0.373 e. The van der Waals surface area contributed by atoms with E-state index in [4.69, 9.17) is 9.73 Å². The molecule has 1 aliphatic heterocycles. The predicted octanol–water partition coefficient (Wildman–Crippen LogP) is 3.48. The molecule has 2 aromatic rings. The van der Waals surface area contributed by atoms with Crippen LogP contribution in [0.4, 0.5) is 0 Å². The van der Waals surface area contributed by atoms with Gasteiger partial charge in [-0.05, 0) is 44.7 Å². The Kier molecular flexibility index (Phi) is 8.75. The molecule has 7 heteroatoms. The van der Waals surface area contributed by atoms with Crippen molar-refractivity contribution in [3.8, 4) is 0 Å². The van der Waals surface area contributed by atoms with E-state index in [9.17, 15) is 0 Å². The number of nitrogens with one attached hydrogen (secondary N) is 2. The highest BCUT2D eigenvalue weighted by Crippen LogP contribution is 2.23. The third-order valence-corrected chi connectivity index (χ3v) is 4.96. The van der Waals surface area contributed by atoms with Crippen LogP contribution in [0.25, 0.3) is 0 Å². The smallest absolute Gasteiger partial charge is 0.191 e. The molecule has 1 aromatic heterocycles. The Hall–Kier alpha value is -1.61. The maximum Gasteiger partial charge on any atom is 0.191 e. The summed E-state index contributed by atoms with van der Waals surface area (Å²) in [5.41, 5.74) is 2.37. The first-order valence-corrected chi connectivity index (χ1v) is 9.80. The number of hydrogen-bond acceptors (Lipinski definition) is 3. The summed E-state index contributed by atoms with van der Waals surface area (Å²) in [5, 5.41) is 6.76. The highest BCUT2D eigenvalue weighted by Gasteiger charge is 2.29. The Balaban J connectivity index is 0.00000280. The van der Waals surface area contributed by atoms with E-state index < -0.39 is 0 Å². The summed E-state index contributed by atoms with van der Waals surface area (Å²) in [6.07, 6.45) is 6.08. The minimum atomic E-state index is -0.0846. The van der Waals surface area contributed by atoms with Gasteiger partial charge in [-0.3, -0.25) is 0 Å². The second-order valence-corrected chi connectivity index (χ2v) is 7.37. The van der Waals surface area contributed by atoms with E-state index in [1.54, 1.807) is 0 Å². The number of rotatable bonds is 7. The Morgan fingerprint density at radius 2 is 2.14 bits per heavy atom. The van der Waals surface area contributed by atoms with E-state index in [-0.39, 0.29) is 29.6 Å². The van der Waals surface area contributed by atoms with E-state index in [0.29, 0.717) is 6.54 Å². The van der Waals surface area contributed by atoms with Crippen molar-refractivity contribution in [2.75, 3.05) is 19.7 Å². The molecule has 0 amide bonds. The van der Waals surface area contributed by atoms with Crippen LogP contribution in [0.15, 0.2) is 41.7 Å². The fraction of sp³-hybridized carbons (Fsp3) is 0.524. The third kappa shape index (κ3) is 6.48. The van der Waals surface area contributed by atoms with Crippen molar-refractivity contribution in [1.29, 1.82) is 0 Å². The van der Waals surface area contributed by atoms with Crippen molar-refractivity contribution < 1.29 is 4.74 Å². The SMILES string of the molecule is CCNC(=NCc1cccc(Cn2ccnc2C)c1)NCC1(C)CCCO1.I. The van der Waals surface area contributed by atoms with Gasteiger partial charge in [-0.2, -0.15) is 0 Å². The highest BCUT2D eigenvalue weighted by atomic mass is 127. The maximum absolute atomic E-state index is 5.85. The van der Waals surface area contributed by atoms with Crippen LogP contribution >= 0.6 is 24.0 Å². The lowest BCUT2D eigenvalue weighted by molar-refractivity contribution is 0.0243. The number of benzene rings is 1. The molecule has 0 aliphatic carbocycles. The van der Waals surface area contributed by atoms with E-state index in [1.165, 1.54) is 11.1 Å². The molecule has 28 heavy (non-hydrogen) atoms. The number of hydrogen-bond donors (Lipinski definition) is 2. The molecule has 0 spiro atoms. The van der Waals surface area contributed by atoms with Crippen molar-refractivity contribution in [3.63, 3.8) is 0 Å². The number of aromatic nitrogens is 2. The Morgan fingerprint density at radius 3 is 2.82 bits per heavy atom. The standard InChI is InChI=1S/C21H31N5O.HI/c1-4-22-20(25-16-21(3)9-6-12-27-21)24-14-18-7-5-8-19(13-18)15-26-11-10-23-17(26)2;/h5,7-8,10-11,13H,4,6,9,12,14-16H2,1-3H3,(H2,22,24,25);1H. The molecule has 0 bridgehead atoms. The first-order chi connectivity index (χ1) is 13.1. The fourth-order valence-corrected chi connectivity index (χ4v) is 3.35. The van der Waals surface area contributed by atoms with Gasteiger partial charge in [0.2, 0.25) is 0 Å². The molecule has 1 saturated heterocycles. The number of nitrogens with zero attached hydrogens (tertiary/aromatic N) is 3. The Labute approximate surface area is 185 Å². The summed E-state index contributed by atoms with van der Waals surface area (Å²) < 4.78 is 8.00. The number of ether oxygens (including phenoxy) is 1. The molecule has 3 rings (SSSR count). The van der Waals surface area contributed by atoms with Crippen LogP contribution in [-0.4, -0.2) is 40.8 Å². The van der Waals surface area contributed by atoms with Gasteiger partial charge in [0.1, 0.15) is 5.82 Å². The summed E-state index contributed by atoms with van der Waals surface area (Å²) in [6, 6.07) is 8.58. The monoisotopic (exact) mass is 497 g/mol. The van der Waals surface area contributed by atoms with Crippen LogP contribution in [0.5, 0.6) is 0 Å². The predicted molar refractivity (Wildman–Crippen MR) is 124 cm³/mol. The lowest BCUT2D eigenvalue weighted by Gasteiger charge is -2.24. The van der Waals surface area contributed by atoms with E-state index in [1.807, 2.05) is 19.3 Å². The molecule has 2 N–H and O–H groups in total. The van der Waals surface area contributed by atoms with Gasteiger partial charge in [-0.25, -0.2) is 9.98 Å². The number of aliphatic imine (C=N–C) groups is 1. The molecular weight excluding hydrogens is 465 g/mol. The molecule has 154 valence electrons. The van der Waals surface area contributed by atoms with E-state index in [2.05, 4.69) is 58.3 Å². The third-order valence-electron chi connectivity index (χ3n) is 4.96. The fourth-order valence-electron chi connectivity index (χ4n) is 3.35. The number of aryl methyl sites for hydroxylation is 1. The molecule has 1 aliphatic rings. The molecular formula is C21H32IN5O. The van der Waals surface area contributed by atoms with Gasteiger partial charge < -0.3 is 19.9 Å². The van der Waals surface area contributed by atoms with Crippen LogP contribution in [0.1, 0.15) is 43.6 Å². The lowest BCUT2D eigenvalue weighted by Crippen LogP contribution is -2.45. The zero-order valence-corrected chi connectivity index (χ0v) is 19.4. The van der Waals surface area contributed by atoms with Crippen LogP contribution in [-0.2, 0) is 17.8 Å². The quantitative estimate of drug-likeness (QED) is 0.350. The summed E-state index contributed by atoms with van der Waals surface area (Å²) >= 11 is 0. The summed E-state index contributed by atoms with van der Waals surface area (Å²) in [6.45, 7) is 10.2. The minimum absolute atomic E-state index is 0. The van der Waals surface area contributed by atoms with Gasteiger partial charge in [-0.1, -0.05) is 24.3 Å². The van der Waals surface area contributed by atoms with Gasteiger partial charge in [0, 0.05) is 38.6 Å². The Bertz CT molecular complexity index is 768. The molecule has 1 fully saturated rings. The average molecular weight is 497 g/mol. The molecule has 2 heterocycles. The van der Waals surface area contributed by atoms with Gasteiger partial charge in [0.25, 0.3) is 0 Å². The summed E-state index contributed by atoms with van der Waals surface area (Å²) in [5.74, 6) is 1.87. The molecule has 1 aromatic carbocycles. The van der Waals surface area contributed by atoms with Crippen LogP contribution in [0.3, 0.4) is 0 Å². The van der Waals surface area contributed by atoms with Crippen molar-refractivity contribution in [2.24, 2.45) is 4.99 Å². The zero-order valence-electron chi connectivity index (χ0n) is 17.1. The number of halogens is 1. The molecule has 0 radical (unpaired) electrons. The van der Waals surface area contributed by atoms with E-state index >= 15 is 0 Å². The van der Waals surface area contributed by atoms with Crippen molar-refractivity contribution in [2.45, 2.75) is 52.3 Å². The molecule has 0 saturated carbocycles. The summed E-state index contributed by atoms with van der Waals surface area (Å²) in [4.78, 5) is 9.04. The number of imidazole rings is 1. The van der Waals surface area contributed by atoms with Crippen molar-refractivity contribution >= 4 is 29.9 Å². The van der Waals surface area contributed by atoms with Crippen molar-refractivity contribution in [1.82, 2.24) is 20.2 Å². The first kappa shape index (κ1) is 22.7. The van der Waals surface area contributed by atoms with Crippen LogP contribution < -0.4 is 10.6 Å². The topological polar surface area (TPSA) is 63.5 Å². The second-order valence-electron chi connectivity index (χ2n) is 7.37. The summed E-state index contributed by atoms with van der Waals surface area (Å²) in [7, 11) is 0. The van der Waals surface area contributed by atoms with Crippen LogP contribution in [0, 0.1) is 6.92 Å². The molecule has 1 atom stereocenters. The van der Waals surface area contributed by atoms with Gasteiger partial charge in [0.05, 0.1) is 12.1 Å².